The van der Waals surface area contributed by atoms with Crippen LogP contribution in [0.1, 0.15) is 23.2 Å². The van der Waals surface area contributed by atoms with E-state index >= 15 is 0 Å². The largest absolute Gasteiger partial charge is 0.462 e. The molecule has 0 spiro atoms. The summed E-state index contributed by atoms with van der Waals surface area (Å²) in [6.07, 6.45) is 2.36. The summed E-state index contributed by atoms with van der Waals surface area (Å²) in [5, 5.41) is 3.93. The minimum atomic E-state index is -0.261. The van der Waals surface area contributed by atoms with Crippen molar-refractivity contribution in [1.29, 1.82) is 0 Å². The standard InChI is InChI=1S/C11H10N2O2S/c14-11(15-6-7-4-5-7)8-2-1-3-9-10(8)16-13-12-9/h1-3,7H,4-6H2. The second-order valence-corrected chi connectivity index (χ2v) is 4.72. The predicted molar refractivity (Wildman–Crippen MR) is 60.4 cm³/mol. The van der Waals surface area contributed by atoms with E-state index in [0.29, 0.717) is 18.1 Å². The second-order valence-electron chi connectivity index (χ2n) is 3.97. The molecule has 0 unspecified atom stereocenters. The highest BCUT2D eigenvalue weighted by Crippen LogP contribution is 2.29. The third-order valence-electron chi connectivity index (χ3n) is 2.64. The van der Waals surface area contributed by atoms with Crippen molar-refractivity contribution in [1.82, 2.24) is 9.59 Å². The van der Waals surface area contributed by atoms with E-state index in [2.05, 4.69) is 9.59 Å². The van der Waals surface area contributed by atoms with Gasteiger partial charge in [-0.3, -0.25) is 0 Å². The van der Waals surface area contributed by atoms with Gasteiger partial charge in [0.2, 0.25) is 0 Å². The summed E-state index contributed by atoms with van der Waals surface area (Å²) in [5.41, 5.74) is 1.33. The van der Waals surface area contributed by atoms with Crippen LogP contribution in [-0.2, 0) is 4.74 Å². The third kappa shape index (κ3) is 1.78. The normalized spacial score (nSPS) is 15.2. The molecule has 1 aliphatic carbocycles. The Labute approximate surface area is 96.4 Å². The van der Waals surface area contributed by atoms with Gasteiger partial charge in [0, 0.05) is 0 Å². The number of benzene rings is 1. The van der Waals surface area contributed by atoms with Crippen LogP contribution in [-0.4, -0.2) is 22.2 Å². The molecule has 1 aliphatic rings. The molecule has 0 atom stereocenters. The first-order valence-corrected chi connectivity index (χ1v) is 6.00. The maximum atomic E-state index is 11.8. The summed E-state index contributed by atoms with van der Waals surface area (Å²) < 4.78 is 9.89. The molecular formula is C11H10N2O2S. The van der Waals surface area contributed by atoms with E-state index in [-0.39, 0.29) is 5.97 Å². The average Bonchev–Trinajstić information content (AvgIpc) is 3.01. The third-order valence-corrected chi connectivity index (χ3v) is 3.42. The Morgan fingerprint density at radius 1 is 1.50 bits per heavy atom. The number of ether oxygens (including phenoxy) is 1. The quantitative estimate of drug-likeness (QED) is 0.764. The molecule has 2 aromatic rings. The topological polar surface area (TPSA) is 52.1 Å². The highest BCUT2D eigenvalue weighted by atomic mass is 32.1. The number of nitrogens with zero attached hydrogens (tertiary/aromatic N) is 2. The van der Waals surface area contributed by atoms with Crippen molar-refractivity contribution in [3.63, 3.8) is 0 Å². The second kappa shape index (κ2) is 3.83. The Balaban J connectivity index is 1.85. The van der Waals surface area contributed by atoms with Gasteiger partial charge >= 0.3 is 5.97 Å². The fourth-order valence-corrected chi connectivity index (χ4v) is 2.18. The van der Waals surface area contributed by atoms with Gasteiger partial charge in [-0.05, 0) is 42.4 Å². The van der Waals surface area contributed by atoms with Crippen LogP contribution < -0.4 is 0 Å². The van der Waals surface area contributed by atoms with E-state index in [1.165, 1.54) is 24.4 Å². The number of hydrogen-bond donors (Lipinski definition) is 0. The molecule has 82 valence electrons. The van der Waals surface area contributed by atoms with Gasteiger partial charge < -0.3 is 4.74 Å². The summed E-state index contributed by atoms with van der Waals surface area (Å²) in [7, 11) is 0. The SMILES string of the molecule is O=C(OCC1CC1)c1cccc2nnsc12. The molecule has 1 aromatic carbocycles. The zero-order valence-corrected chi connectivity index (χ0v) is 9.37. The van der Waals surface area contributed by atoms with Gasteiger partial charge in [-0.2, -0.15) is 0 Å². The number of carbonyl (C=O) groups excluding carboxylic acids is 1. The Morgan fingerprint density at radius 3 is 3.19 bits per heavy atom. The van der Waals surface area contributed by atoms with Crippen LogP contribution in [0.15, 0.2) is 18.2 Å². The van der Waals surface area contributed by atoms with E-state index in [9.17, 15) is 4.79 Å². The van der Waals surface area contributed by atoms with Crippen molar-refractivity contribution in [2.24, 2.45) is 5.92 Å². The van der Waals surface area contributed by atoms with Crippen LogP contribution in [0.4, 0.5) is 0 Å². The highest BCUT2D eigenvalue weighted by molar-refractivity contribution is 7.13. The summed E-state index contributed by atoms with van der Waals surface area (Å²) in [5.74, 6) is 0.325. The number of carbonyl (C=O) groups is 1. The lowest BCUT2D eigenvalue weighted by atomic mass is 10.2. The van der Waals surface area contributed by atoms with E-state index in [1.807, 2.05) is 6.07 Å². The Kier molecular flexibility index (Phi) is 2.32. The maximum absolute atomic E-state index is 11.8. The van der Waals surface area contributed by atoms with Gasteiger partial charge in [0.05, 0.1) is 16.9 Å². The van der Waals surface area contributed by atoms with Crippen LogP contribution in [0.5, 0.6) is 0 Å². The van der Waals surface area contributed by atoms with E-state index in [0.717, 1.165) is 10.2 Å². The Morgan fingerprint density at radius 2 is 2.38 bits per heavy atom. The molecule has 1 saturated carbocycles. The lowest BCUT2D eigenvalue weighted by Gasteiger charge is -2.03. The molecular weight excluding hydrogens is 224 g/mol. The monoisotopic (exact) mass is 234 g/mol. The van der Waals surface area contributed by atoms with Crippen LogP contribution in [0, 0.1) is 5.92 Å². The average molecular weight is 234 g/mol. The molecule has 1 aromatic heterocycles. The molecule has 0 saturated heterocycles. The van der Waals surface area contributed by atoms with Crippen molar-refractivity contribution in [2.45, 2.75) is 12.8 Å². The lowest BCUT2D eigenvalue weighted by Crippen LogP contribution is -2.07. The summed E-state index contributed by atoms with van der Waals surface area (Å²) in [6.45, 7) is 0.543. The highest BCUT2D eigenvalue weighted by Gasteiger charge is 2.24. The number of aromatic nitrogens is 2. The number of esters is 1. The van der Waals surface area contributed by atoms with E-state index in [4.69, 9.17) is 4.74 Å². The van der Waals surface area contributed by atoms with Gasteiger partial charge in [-0.15, -0.1) is 5.10 Å². The summed E-state index contributed by atoms with van der Waals surface area (Å²) >= 11 is 1.23. The van der Waals surface area contributed by atoms with Crippen molar-refractivity contribution >= 4 is 27.7 Å². The first-order valence-electron chi connectivity index (χ1n) is 5.23. The summed E-state index contributed by atoms with van der Waals surface area (Å²) in [6, 6.07) is 5.41. The molecule has 1 fully saturated rings. The van der Waals surface area contributed by atoms with Crippen LogP contribution in [0.25, 0.3) is 10.2 Å². The zero-order valence-electron chi connectivity index (χ0n) is 8.55. The molecule has 0 N–H and O–H groups in total. The fourth-order valence-electron chi connectivity index (χ4n) is 1.52. The van der Waals surface area contributed by atoms with E-state index in [1.54, 1.807) is 12.1 Å². The zero-order chi connectivity index (χ0) is 11.0. The van der Waals surface area contributed by atoms with E-state index < -0.39 is 0 Å². The first-order chi connectivity index (χ1) is 7.84. The minimum Gasteiger partial charge on any atom is -0.462 e. The lowest BCUT2D eigenvalue weighted by molar-refractivity contribution is 0.0488. The molecule has 4 nitrogen and oxygen atoms in total. The van der Waals surface area contributed by atoms with Crippen molar-refractivity contribution < 1.29 is 9.53 Å². The van der Waals surface area contributed by atoms with Gasteiger partial charge in [0.25, 0.3) is 0 Å². The van der Waals surface area contributed by atoms with Gasteiger partial charge in [0.15, 0.2) is 0 Å². The molecule has 16 heavy (non-hydrogen) atoms. The number of fused-ring (bicyclic) bond motifs is 1. The van der Waals surface area contributed by atoms with Gasteiger partial charge in [-0.1, -0.05) is 10.6 Å². The van der Waals surface area contributed by atoms with Gasteiger partial charge in [0.1, 0.15) is 5.52 Å². The number of hydrogen-bond acceptors (Lipinski definition) is 5. The smallest absolute Gasteiger partial charge is 0.339 e. The predicted octanol–water partition coefficient (Wildman–Crippen LogP) is 2.26. The molecule has 0 amide bonds. The van der Waals surface area contributed by atoms with Crippen molar-refractivity contribution in [3.8, 4) is 0 Å². The van der Waals surface area contributed by atoms with Crippen LogP contribution in [0.2, 0.25) is 0 Å². The molecule has 0 aliphatic heterocycles. The minimum absolute atomic E-state index is 0.261. The van der Waals surface area contributed by atoms with Gasteiger partial charge in [-0.25, -0.2) is 4.79 Å². The number of rotatable bonds is 3. The van der Waals surface area contributed by atoms with Crippen molar-refractivity contribution in [2.75, 3.05) is 6.61 Å². The van der Waals surface area contributed by atoms with Crippen LogP contribution >= 0.6 is 11.5 Å². The molecule has 0 radical (unpaired) electrons. The molecule has 5 heteroatoms. The van der Waals surface area contributed by atoms with Crippen LogP contribution in [0.3, 0.4) is 0 Å². The molecule has 0 bridgehead atoms. The summed E-state index contributed by atoms with van der Waals surface area (Å²) in [4.78, 5) is 11.8. The Bertz CT molecular complexity index is 534. The molecule has 3 rings (SSSR count). The van der Waals surface area contributed by atoms with Crippen molar-refractivity contribution in [3.05, 3.63) is 23.8 Å². The Hall–Kier alpha value is -1.49. The molecule has 1 heterocycles. The maximum Gasteiger partial charge on any atom is 0.339 e. The first kappa shape index (κ1) is 9.72. The fraction of sp³-hybridized carbons (Fsp3) is 0.364.